The third-order valence-electron chi connectivity index (χ3n) is 12.0. The van der Waals surface area contributed by atoms with E-state index in [9.17, 15) is 14.4 Å². The molecule has 0 aliphatic rings. The van der Waals surface area contributed by atoms with E-state index < -0.39 is 12.1 Å². The molecule has 0 amide bonds. The van der Waals surface area contributed by atoms with Gasteiger partial charge < -0.3 is 14.2 Å². The Morgan fingerprint density at radius 3 is 0.863 bits per heavy atom. The molecule has 0 aromatic rings. The minimum Gasteiger partial charge on any atom is -0.462 e. The number of hydrogen-bond donors (Lipinski definition) is 0. The van der Waals surface area contributed by atoms with Gasteiger partial charge in [-0.2, -0.15) is 0 Å². The first-order chi connectivity index (χ1) is 39.5. The average molecular weight is 1100 g/mol. The lowest BCUT2D eigenvalue weighted by Crippen LogP contribution is -2.30. The maximum Gasteiger partial charge on any atom is 0.306 e. The number of carbonyl (C=O) groups is 3. The molecule has 442 valence electrons. The molecule has 0 bridgehead atoms. The molecule has 6 heteroatoms. The van der Waals surface area contributed by atoms with Gasteiger partial charge in [-0.25, -0.2) is 0 Å². The van der Waals surface area contributed by atoms with Crippen molar-refractivity contribution in [3.05, 3.63) is 207 Å². The van der Waals surface area contributed by atoms with Gasteiger partial charge in [0, 0.05) is 19.3 Å². The molecule has 1 atom stereocenters. The highest BCUT2D eigenvalue weighted by molar-refractivity contribution is 5.71. The molecule has 0 rings (SSSR count). The van der Waals surface area contributed by atoms with E-state index in [0.717, 1.165) is 148 Å². The molecule has 0 aliphatic carbocycles. The van der Waals surface area contributed by atoms with E-state index in [1.807, 2.05) is 12.2 Å². The lowest BCUT2D eigenvalue weighted by Gasteiger charge is -2.18. The molecule has 80 heavy (non-hydrogen) atoms. The minimum atomic E-state index is -0.862. The molecular formula is C74H110O6. The Morgan fingerprint density at radius 1 is 0.263 bits per heavy atom. The Balaban J connectivity index is 4.60. The Labute approximate surface area is 489 Å². The number of unbranched alkanes of at least 4 members (excludes halogenated alkanes) is 8. The van der Waals surface area contributed by atoms with Crippen LogP contribution in [0.3, 0.4) is 0 Å². The molecular weight excluding hydrogens is 985 g/mol. The summed E-state index contributed by atoms with van der Waals surface area (Å²) in [7, 11) is 0. The van der Waals surface area contributed by atoms with E-state index in [1.165, 1.54) is 19.3 Å². The van der Waals surface area contributed by atoms with Crippen molar-refractivity contribution >= 4 is 17.9 Å². The summed E-state index contributed by atoms with van der Waals surface area (Å²) in [4.78, 5) is 38.2. The topological polar surface area (TPSA) is 78.9 Å². The second-order valence-corrected chi connectivity index (χ2v) is 19.5. The average Bonchev–Trinajstić information content (AvgIpc) is 3.46. The largest absolute Gasteiger partial charge is 0.462 e. The van der Waals surface area contributed by atoms with Crippen LogP contribution in [0.5, 0.6) is 0 Å². The molecule has 0 radical (unpaired) electrons. The minimum absolute atomic E-state index is 0.145. The molecule has 0 N–H and O–H groups in total. The zero-order valence-electron chi connectivity index (χ0n) is 50.5. The molecule has 0 spiro atoms. The quantitative estimate of drug-likeness (QED) is 0.0261. The molecule has 0 heterocycles. The predicted molar refractivity (Wildman–Crippen MR) is 347 cm³/mol. The van der Waals surface area contributed by atoms with Crippen molar-refractivity contribution in [2.45, 2.75) is 226 Å². The highest BCUT2D eigenvalue weighted by Crippen LogP contribution is 2.11. The number of rotatable bonds is 53. The summed E-state index contributed by atoms with van der Waals surface area (Å²) in [5.74, 6) is -1.12. The monoisotopic (exact) mass is 1090 g/mol. The molecule has 0 aromatic carbocycles. The zero-order valence-corrected chi connectivity index (χ0v) is 50.5. The Hall–Kier alpha value is -6.01. The standard InChI is InChI=1S/C74H110O6/c1-4-7-10-13-16-19-22-25-28-30-32-33-34-35-36-37-38-39-40-41-43-44-46-49-52-55-58-61-64-67-73(76)79-70-71(69-78-72(75)66-63-60-57-54-51-48-27-24-21-18-15-12-9-6-3)80-74(77)68-65-62-59-56-53-50-47-45-42-31-29-26-23-20-17-14-11-8-5-2/h7-8,10-11,15-20,24-29,32-33,35-36,38-39,41-43,45-46,49-50,53,55,58-59,62,71H,4-6,9,12-14,21-23,30-31,34,37,40,44,47-48,51-52,54,56-57,60-61,63-70H2,1-3H3/b10-7-,11-8-,18-15-,19-16-,20-17-,27-24-,28-25-,29-26-,33-32-,36-35-,39-38-,43-41-,45-42-,49-46-,53-50-,58-55-,62-59-. The third kappa shape index (κ3) is 62.8. The normalized spacial score (nSPS) is 13.6. The van der Waals surface area contributed by atoms with Gasteiger partial charge in [-0.15, -0.1) is 0 Å². The first kappa shape index (κ1) is 74.0. The Bertz CT molecular complexity index is 1980. The molecule has 0 fully saturated rings. The van der Waals surface area contributed by atoms with Crippen LogP contribution >= 0.6 is 0 Å². The SMILES string of the molecule is CC/C=C\C/C=C\C/C=C\C/C=C\C/C=C\C/C=C\C/C=C\C/C=C\C/C=C\CCCC(=O)OCC(COC(=O)CCCCCCC/C=C\C/C=C\CCCC)OC(=O)CC/C=C\C/C=C\C/C=C\C/C=C\C/C=C\C/C=C\CC. The van der Waals surface area contributed by atoms with E-state index in [4.69, 9.17) is 14.2 Å². The van der Waals surface area contributed by atoms with Gasteiger partial charge >= 0.3 is 17.9 Å². The van der Waals surface area contributed by atoms with E-state index in [2.05, 4.69) is 215 Å². The first-order valence-corrected chi connectivity index (χ1v) is 31.1. The van der Waals surface area contributed by atoms with E-state index in [-0.39, 0.29) is 38.0 Å². The number of allylic oxidation sites excluding steroid dienone is 34. The molecule has 0 aromatic heterocycles. The summed E-state index contributed by atoms with van der Waals surface area (Å²) in [5, 5.41) is 0. The van der Waals surface area contributed by atoms with E-state index in [0.29, 0.717) is 19.3 Å². The first-order valence-electron chi connectivity index (χ1n) is 31.1. The number of carbonyl (C=O) groups excluding carboxylic acids is 3. The molecule has 1 unspecified atom stereocenters. The number of hydrogen-bond acceptors (Lipinski definition) is 6. The van der Waals surface area contributed by atoms with Crippen molar-refractivity contribution in [3.63, 3.8) is 0 Å². The highest BCUT2D eigenvalue weighted by Gasteiger charge is 2.19. The fraction of sp³-hybridized carbons (Fsp3) is 0.500. The fourth-order valence-electron chi connectivity index (χ4n) is 7.43. The van der Waals surface area contributed by atoms with Gasteiger partial charge in [-0.1, -0.05) is 259 Å². The molecule has 6 nitrogen and oxygen atoms in total. The van der Waals surface area contributed by atoms with Gasteiger partial charge in [0.2, 0.25) is 0 Å². The summed E-state index contributed by atoms with van der Waals surface area (Å²) < 4.78 is 16.7. The van der Waals surface area contributed by atoms with Crippen LogP contribution < -0.4 is 0 Å². The smallest absolute Gasteiger partial charge is 0.306 e. The van der Waals surface area contributed by atoms with E-state index in [1.54, 1.807) is 0 Å². The molecule has 0 saturated carbocycles. The van der Waals surface area contributed by atoms with Crippen molar-refractivity contribution < 1.29 is 28.6 Å². The van der Waals surface area contributed by atoms with Crippen molar-refractivity contribution in [3.8, 4) is 0 Å². The van der Waals surface area contributed by atoms with Crippen LogP contribution in [-0.4, -0.2) is 37.2 Å². The molecule has 0 saturated heterocycles. The Morgan fingerprint density at radius 2 is 0.525 bits per heavy atom. The fourth-order valence-corrected chi connectivity index (χ4v) is 7.43. The lowest BCUT2D eigenvalue weighted by molar-refractivity contribution is -0.166. The van der Waals surface area contributed by atoms with Crippen molar-refractivity contribution in [1.29, 1.82) is 0 Å². The van der Waals surface area contributed by atoms with Gasteiger partial charge in [0.05, 0.1) is 0 Å². The number of esters is 3. The summed E-state index contributed by atoms with van der Waals surface area (Å²) in [5.41, 5.74) is 0. The summed E-state index contributed by atoms with van der Waals surface area (Å²) in [6, 6.07) is 0. The van der Waals surface area contributed by atoms with Crippen LogP contribution in [0.4, 0.5) is 0 Å². The maximum atomic E-state index is 12.9. The second-order valence-electron chi connectivity index (χ2n) is 19.5. The van der Waals surface area contributed by atoms with Crippen molar-refractivity contribution in [2.24, 2.45) is 0 Å². The van der Waals surface area contributed by atoms with Gasteiger partial charge in [0.15, 0.2) is 6.10 Å². The highest BCUT2D eigenvalue weighted by atomic mass is 16.6. The van der Waals surface area contributed by atoms with Crippen LogP contribution in [0.15, 0.2) is 207 Å². The molecule has 0 aliphatic heterocycles. The lowest BCUT2D eigenvalue weighted by atomic mass is 10.1. The van der Waals surface area contributed by atoms with Gasteiger partial charge in [0.25, 0.3) is 0 Å². The van der Waals surface area contributed by atoms with Crippen molar-refractivity contribution in [1.82, 2.24) is 0 Å². The van der Waals surface area contributed by atoms with Gasteiger partial charge in [-0.05, 0) is 148 Å². The summed E-state index contributed by atoms with van der Waals surface area (Å²) in [6.45, 7) is 6.22. The number of ether oxygens (including phenoxy) is 3. The predicted octanol–water partition coefficient (Wildman–Crippen LogP) is 21.6. The van der Waals surface area contributed by atoms with E-state index >= 15 is 0 Å². The van der Waals surface area contributed by atoms with Crippen molar-refractivity contribution in [2.75, 3.05) is 13.2 Å². The van der Waals surface area contributed by atoms with Gasteiger partial charge in [0.1, 0.15) is 13.2 Å². The second kappa shape index (κ2) is 65.5. The Kier molecular flexibility index (Phi) is 60.6. The van der Waals surface area contributed by atoms with Crippen LogP contribution in [0, 0.1) is 0 Å². The zero-order chi connectivity index (χ0) is 57.8. The van der Waals surface area contributed by atoms with Crippen LogP contribution in [0.25, 0.3) is 0 Å². The van der Waals surface area contributed by atoms with Crippen LogP contribution in [0.2, 0.25) is 0 Å². The van der Waals surface area contributed by atoms with Gasteiger partial charge in [-0.3, -0.25) is 14.4 Å². The van der Waals surface area contributed by atoms with Crippen LogP contribution in [-0.2, 0) is 28.6 Å². The van der Waals surface area contributed by atoms with Crippen LogP contribution in [0.1, 0.15) is 220 Å². The summed E-state index contributed by atoms with van der Waals surface area (Å²) in [6.07, 6.45) is 101. The third-order valence-corrected chi connectivity index (χ3v) is 12.0. The summed E-state index contributed by atoms with van der Waals surface area (Å²) >= 11 is 0. The maximum absolute atomic E-state index is 12.9.